The highest BCUT2D eigenvalue weighted by Gasteiger charge is 2.35. The molecule has 0 saturated carbocycles. The first-order valence-electron chi connectivity index (χ1n) is 7.66. The SMILES string of the molecule is COc1ccccc1N1CC(=O)N(/N=C\c2ccccc2C(=O)O)C1=S. The van der Waals surface area contributed by atoms with Crippen molar-refractivity contribution < 1.29 is 19.4 Å². The Bertz CT molecular complexity index is 913. The summed E-state index contributed by atoms with van der Waals surface area (Å²) in [6.45, 7) is 0.0249. The molecular weight excluding hydrogens is 354 g/mol. The van der Waals surface area contributed by atoms with E-state index in [2.05, 4.69) is 5.10 Å². The maximum atomic E-state index is 12.3. The molecule has 26 heavy (non-hydrogen) atoms. The van der Waals surface area contributed by atoms with E-state index in [1.54, 1.807) is 42.3 Å². The standard InChI is InChI=1S/C18H15N3O4S/c1-25-15-9-5-4-8-14(15)20-11-16(22)21(18(20)26)19-10-12-6-2-3-7-13(12)17(23)24/h2-10H,11H2,1H3,(H,23,24)/b19-10-. The molecule has 132 valence electrons. The lowest BCUT2D eigenvalue weighted by Crippen LogP contribution is -2.29. The quantitative estimate of drug-likeness (QED) is 0.644. The Morgan fingerprint density at radius 3 is 2.65 bits per heavy atom. The fourth-order valence-electron chi connectivity index (χ4n) is 2.57. The molecule has 3 rings (SSSR count). The summed E-state index contributed by atoms with van der Waals surface area (Å²) >= 11 is 5.37. The highest BCUT2D eigenvalue weighted by molar-refractivity contribution is 7.80. The summed E-state index contributed by atoms with van der Waals surface area (Å²) in [5.41, 5.74) is 1.14. The summed E-state index contributed by atoms with van der Waals surface area (Å²) in [5.74, 6) is -0.798. The van der Waals surface area contributed by atoms with Crippen molar-refractivity contribution in [3.63, 3.8) is 0 Å². The molecular formula is C18H15N3O4S. The van der Waals surface area contributed by atoms with Gasteiger partial charge in [-0.25, -0.2) is 4.79 Å². The summed E-state index contributed by atoms with van der Waals surface area (Å²) in [6.07, 6.45) is 1.32. The molecule has 8 heteroatoms. The first-order valence-corrected chi connectivity index (χ1v) is 8.07. The Balaban J connectivity index is 1.88. The van der Waals surface area contributed by atoms with E-state index < -0.39 is 5.97 Å². The van der Waals surface area contributed by atoms with Gasteiger partial charge in [-0.15, -0.1) is 0 Å². The van der Waals surface area contributed by atoms with Crippen LogP contribution >= 0.6 is 12.2 Å². The number of carbonyl (C=O) groups excluding carboxylic acids is 1. The third-order valence-electron chi connectivity index (χ3n) is 3.82. The van der Waals surface area contributed by atoms with E-state index in [9.17, 15) is 14.7 Å². The number of thiocarbonyl (C=S) groups is 1. The zero-order valence-corrected chi connectivity index (χ0v) is 14.6. The van der Waals surface area contributed by atoms with Crippen molar-refractivity contribution in [3.05, 3.63) is 59.7 Å². The number of hydrogen-bond acceptors (Lipinski definition) is 5. The Morgan fingerprint density at radius 2 is 1.92 bits per heavy atom. The van der Waals surface area contributed by atoms with Crippen molar-refractivity contribution in [1.82, 2.24) is 5.01 Å². The number of carboxylic acid groups (broad SMARTS) is 1. The van der Waals surface area contributed by atoms with Crippen LogP contribution < -0.4 is 9.64 Å². The highest BCUT2D eigenvalue weighted by Crippen LogP contribution is 2.30. The Labute approximate surface area is 155 Å². The predicted molar refractivity (Wildman–Crippen MR) is 101 cm³/mol. The van der Waals surface area contributed by atoms with Crippen molar-refractivity contribution in [1.29, 1.82) is 0 Å². The van der Waals surface area contributed by atoms with Gasteiger partial charge in [0.15, 0.2) is 0 Å². The third-order valence-corrected chi connectivity index (χ3v) is 4.21. The topological polar surface area (TPSA) is 82.4 Å². The van der Waals surface area contributed by atoms with E-state index in [0.29, 0.717) is 17.0 Å². The number of methoxy groups -OCH3 is 1. The maximum absolute atomic E-state index is 12.3. The van der Waals surface area contributed by atoms with Crippen LogP contribution in [0.25, 0.3) is 0 Å². The van der Waals surface area contributed by atoms with Crippen LogP contribution in [0, 0.1) is 0 Å². The molecule has 1 saturated heterocycles. The van der Waals surface area contributed by atoms with Gasteiger partial charge in [0.05, 0.1) is 24.6 Å². The molecule has 1 heterocycles. The van der Waals surface area contributed by atoms with Crippen LogP contribution in [0.3, 0.4) is 0 Å². The van der Waals surface area contributed by atoms with Crippen LogP contribution in [-0.4, -0.2) is 47.0 Å². The molecule has 2 aromatic carbocycles. The van der Waals surface area contributed by atoms with Gasteiger partial charge in [0.25, 0.3) is 5.91 Å². The van der Waals surface area contributed by atoms with Crippen molar-refractivity contribution in [3.8, 4) is 5.75 Å². The molecule has 1 amide bonds. The second kappa shape index (κ2) is 7.32. The summed E-state index contributed by atoms with van der Waals surface area (Å²) in [7, 11) is 1.54. The molecule has 0 spiro atoms. The molecule has 1 fully saturated rings. The summed E-state index contributed by atoms with van der Waals surface area (Å²) in [6, 6.07) is 13.6. The van der Waals surface area contributed by atoms with Crippen molar-refractivity contribution >= 4 is 41.1 Å². The molecule has 0 radical (unpaired) electrons. The monoisotopic (exact) mass is 369 g/mol. The summed E-state index contributed by atoms with van der Waals surface area (Å²) in [4.78, 5) is 25.2. The Morgan fingerprint density at radius 1 is 1.23 bits per heavy atom. The number of rotatable bonds is 5. The summed E-state index contributed by atoms with van der Waals surface area (Å²) in [5, 5.41) is 14.6. The lowest BCUT2D eigenvalue weighted by Gasteiger charge is -2.19. The van der Waals surface area contributed by atoms with E-state index in [1.807, 2.05) is 12.1 Å². The molecule has 1 aliphatic rings. The fourth-order valence-corrected chi connectivity index (χ4v) is 2.88. The fraction of sp³-hybridized carbons (Fsp3) is 0.111. The maximum Gasteiger partial charge on any atom is 0.336 e. The lowest BCUT2D eigenvalue weighted by molar-refractivity contribution is -0.124. The van der Waals surface area contributed by atoms with Crippen LogP contribution in [0.2, 0.25) is 0 Å². The van der Waals surface area contributed by atoms with Gasteiger partial charge >= 0.3 is 5.97 Å². The van der Waals surface area contributed by atoms with E-state index in [0.717, 1.165) is 5.01 Å². The average molecular weight is 369 g/mol. The number of anilines is 1. The van der Waals surface area contributed by atoms with E-state index in [4.69, 9.17) is 17.0 Å². The van der Waals surface area contributed by atoms with Gasteiger partial charge in [-0.05, 0) is 30.4 Å². The van der Waals surface area contributed by atoms with Crippen molar-refractivity contribution in [2.24, 2.45) is 5.10 Å². The second-order valence-corrected chi connectivity index (χ2v) is 5.75. The zero-order chi connectivity index (χ0) is 18.7. The smallest absolute Gasteiger partial charge is 0.336 e. The normalized spacial score (nSPS) is 14.3. The minimum absolute atomic E-state index is 0.0249. The van der Waals surface area contributed by atoms with Crippen LogP contribution in [0.4, 0.5) is 5.69 Å². The Hall–Kier alpha value is -3.26. The number of ether oxygens (including phenoxy) is 1. The van der Waals surface area contributed by atoms with Gasteiger partial charge in [-0.3, -0.25) is 4.79 Å². The van der Waals surface area contributed by atoms with E-state index in [-0.39, 0.29) is 23.1 Å². The number of aromatic carboxylic acids is 1. The molecule has 0 bridgehead atoms. The molecule has 0 aromatic heterocycles. The number of carboxylic acids is 1. The van der Waals surface area contributed by atoms with Crippen LogP contribution in [0.1, 0.15) is 15.9 Å². The van der Waals surface area contributed by atoms with E-state index in [1.165, 1.54) is 12.3 Å². The average Bonchev–Trinajstić information content (AvgIpc) is 2.93. The number of hydrogen-bond donors (Lipinski definition) is 1. The number of hydrazone groups is 1. The van der Waals surface area contributed by atoms with Crippen LogP contribution in [0.15, 0.2) is 53.6 Å². The first-order chi connectivity index (χ1) is 12.5. The summed E-state index contributed by atoms with van der Waals surface area (Å²) < 4.78 is 5.31. The Kier molecular flexibility index (Phi) is 4.94. The van der Waals surface area contributed by atoms with Crippen LogP contribution in [-0.2, 0) is 4.79 Å². The van der Waals surface area contributed by atoms with Gasteiger partial charge in [-0.1, -0.05) is 30.3 Å². The molecule has 7 nitrogen and oxygen atoms in total. The third kappa shape index (κ3) is 3.27. The van der Waals surface area contributed by atoms with Gasteiger partial charge in [0, 0.05) is 5.56 Å². The number of carbonyl (C=O) groups is 2. The number of amides is 1. The van der Waals surface area contributed by atoms with Gasteiger partial charge in [0.1, 0.15) is 12.3 Å². The zero-order valence-electron chi connectivity index (χ0n) is 13.8. The second-order valence-electron chi connectivity index (χ2n) is 5.38. The highest BCUT2D eigenvalue weighted by atomic mass is 32.1. The molecule has 0 atom stereocenters. The largest absolute Gasteiger partial charge is 0.495 e. The molecule has 2 aromatic rings. The number of benzene rings is 2. The molecule has 0 unspecified atom stereocenters. The van der Waals surface area contributed by atoms with Gasteiger partial charge in [-0.2, -0.15) is 10.1 Å². The molecule has 1 aliphatic heterocycles. The van der Waals surface area contributed by atoms with Crippen molar-refractivity contribution in [2.45, 2.75) is 0 Å². The number of nitrogens with zero attached hydrogens (tertiary/aromatic N) is 3. The molecule has 1 N–H and O–H groups in total. The predicted octanol–water partition coefficient (Wildman–Crippen LogP) is 2.36. The van der Waals surface area contributed by atoms with Gasteiger partial charge < -0.3 is 14.7 Å². The number of para-hydroxylation sites is 2. The van der Waals surface area contributed by atoms with Gasteiger partial charge in [0.2, 0.25) is 5.11 Å². The minimum Gasteiger partial charge on any atom is -0.495 e. The minimum atomic E-state index is -1.07. The van der Waals surface area contributed by atoms with Crippen LogP contribution in [0.5, 0.6) is 5.75 Å². The first kappa shape index (κ1) is 17.6. The molecule has 0 aliphatic carbocycles. The van der Waals surface area contributed by atoms with Crippen molar-refractivity contribution in [2.75, 3.05) is 18.6 Å². The lowest BCUT2D eigenvalue weighted by atomic mass is 10.1. The van der Waals surface area contributed by atoms with E-state index >= 15 is 0 Å².